The molecule has 0 radical (unpaired) electrons. The molecule has 9 heteroatoms. The molecule has 1 aromatic heterocycles. The number of nitrogens with zero attached hydrogens (tertiary/aromatic N) is 1. The predicted octanol–water partition coefficient (Wildman–Crippen LogP) is 7.95. The fourth-order valence-electron chi connectivity index (χ4n) is 3.83. The Kier molecular flexibility index (Phi) is 9.50. The summed E-state index contributed by atoms with van der Waals surface area (Å²) in [5.41, 5.74) is 5.38. The summed E-state index contributed by atoms with van der Waals surface area (Å²) >= 11 is 8.45. The number of aromatic nitrogens is 1. The Hall–Kier alpha value is -3.53. The maximum Gasteiger partial charge on any atom is 0.239 e. The first-order valence-electron chi connectivity index (χ1n) is 12.5. The lowest BCUT2D eigenvalue weighted by Gasteiger charge is -2.15. The van der Waals surface area contributed by atoms with Crippen LogP contribution in [0.5, 0.6) is 0 Å². The van der Waals surface area contributed by atoms with Crippen LogP contribution in [0.3, 0.4) is 0 Å². The number of ketones is 1. The van der Waals surface area contributed by atoms with Gasteiger partial charge in [0.05, 0.1) is 10.9 Å². The van der Waals surface area contributed by atoms with Crippen LogP contribution in [-0.2, 0) is 4.79 Å². The number of rotatable bonds is 9. The minimum absolute atomic E-state index is 0.0180. The summed E-state index contributed by atoms with van der Waals surface area (Å²) in [4.78, 5) is 31.3. The third-order valence-corrected chi connectivity index (χ3v) is 8.38. The average Bonchev–Trinajstić information content (AvgIpc) is 3.27. The van der Waals surface area contributed by atoms with Gasteiger partial charge in [-0.2, -0.15) is 0 Å². The highest BCUT2D eigenvalue weighted by atomic mass is 32.2. The summed E-state index contributed by atoms with van der Waals surface area (Å²) in [6.07, 6.45) is 0.666. The number of carbonyl (C=O) groups is 2. The number of amides is 1. The first kappa shape index (κ1) is 28.5. The Morgan fingerprint density at radius 3 is 2.31 bits per heavy atom. The SMILES string of the molecule is CCC(Sc1cccc(NC(=S)Nc2ccc(C(C)=O)cc2)c1)C(=O)Nc1nc(-c2ccc(C)cc2)c(C)s1. The molecule has 4 aromatic rings. The van der Waals surface area contributed by atoms with E-state index in [1.165, 1.54) is 35.6 Å². The van der Waals surface area contributed by atoms with E-state index < -0.39 is 0 Å². The van der Waals surface area contributed by atoms with Crippen LogP contribution in [0.25, 0.3) is 11.3 Å². The van der Waals surface area contributed by atoms with Crippen molar-refractivity contribution in [2.45, 2.75) is 44.3 Å². The van der Waals surface area contributed by atoms with E-state index in [1.54, 1.807) is 12.1 Å². The van der Waals surface area contributed by atoms with E-state index >= 15 is 0 Å². The van der Waals surface area contributed by atoms with E-state index in [1.807, 2.05) is 50.2 Å². The van der Waals surface area contributed by atoms with Gasteiger partial charge in [0.15, 0.2) is 16.0 Å². The van der Waals surface area contributed by atoms with Crippen molar-refractivity contribution >= 4 is 68.6 Å². The van der Waals surface area contributed by atoms with E-state index in [2.05, 4.69) is 47.1 Å². The number of aryl methyl sites for hydroxylation is 2. The van der Waals surface area contributed by atoms with E-state index in [4.69, 9.17) is 17.2 Å². The number of thioether (sulfide) groups is 1. The van der Waals surface area contributed by atoms with Gasteiger partial charge in [-0.3, -0.25) is 9.59 Å². The fourth-order valence-corrected chi connectivity index (χ4v) is 5.92. The third kappa shape index (κ3) is 7.75. The topological polar surface area (TPSA) is 83.1 Å². The van der Waals surface area contributed by atoms with Gasteiger partial charge in [-0.1, -0.05) is 42.8 Å². The zero-order chi connectivity index (χ0) is 27.9. The number of Topliss-reactive ketones (excluding diaryl/α,β-unsaturated/α-hetero) is 1. The fraction of sp³-hybridized carbons (Fsp3) is 0.200. The highest BCUT2D eigenvalue weighted by molar-refractivity contribution is 8.00. The van der Waals surface area contributed by atoms with Crippen molar-refractivity contribution in [2.24, 2.45) is 0 Å². The summed E-state index contributed by atoms with van der Waals surface area (Å²) in [5, 5.41) is 10.1. The highest BCUT2D eigenvalue weighted by Gasteiger charge is 2.20. The van der Waals surface area contributed by atoms with Crippen molar-refractivity contribution in [2.75, 3.05) is 16.0 Å². The van der Waals surface area contributed by atoms with E-state index in [0.717, 1.165) is 32.4 Å². The number of anilines is 3. The zero-order valence-corrected chi connectivity index (χ0v) is 24.7. The minimum atomic E-state index is -0.280. The van der Waals surface area contributed by atoms with Crippen LogP contribution in [0.15, 0.2) is 77.7 Å². The average molecular weight is 575 g/mol. The van der Waals surface area contributed by atoms with Crippen LogP contribution in [0.2, 0.25) is 0 Å². The van der Waals surface area contributed by atoms with Gasteiger partial charge in [-0.05, 0) is 81.9 Å². The Balaban J connectivity index is 1.37. The molecule has 6 nitrogen and oxygen atoms in total. The van der Waals surface area contributed by atoms with Gasteiger partial charge in [-0.25, -0.2) is 4.98 Å². The summed E-state index contributed by atoms with van der Waals surface area (Å²) in [5.74, 6) is -0.0549. The second kappa shape index (κ2) is 13.0. The number of thiocarbonyl (C=S) groups is 1. The van der Waals surface area contributed by atoms with E-state index in [9.17, 15) is 9.59 Å². The number of hydrogen-bond donors (Lipinski definition) is 3. The number of benzene rings is 3. The standard InChI is InChI=1S/C30H30N4O2S3/c1-5-26(28(36)34-30-33-27(20(4)38-30)22-11-9-18(2)10-12-22)39-25-8-6-7-24(17-25)32-29(37)31-23-15-13-21(14-16-23)19(3)35/h6-17,26H,5H2,1-4H3,(H2,31,32,37)(H,33,34,36). The van der Waals surface area contributed by atoms with Crippen LogP contribution < -0.4 is 16.0 Å². The van der Waals surface area contributed by atoms with Crippen molar-refractivity contribution in [3.05, 3.63) is 88.8 Å². The Labute approximate surface area is 242 Å². The molecule has 0 fully saturated rings. The molecule has 1 heterocycles. The Morgan fingerprint density at radius 1 is 0.949 bits per heavy atom. The molecule has 0 aliphatic heterocycles. The molecule has 0 saturated heterocycles. The molecule has 0 aliphatic rings. The molecule has 1 atom stereocenters. The van der Waals surface area contributed by atoms with Gasteiger partial charge in [0, 0.05) is 32.3 Å². The molecule has 0 aliphatic carbocycles. The maximum atomic E-state index is 13.1. The van der Waals surface area contributed by atoms with Gasteiger partial charge in [0.2, 0.25) is 5.91 Å². The van der Waals surface area contributed by atoms with Crippen LogP contribution in [-0.4, -0.2) is 27.0 Å². The van der Waals surface area contributed by atoms with Crippen LogP contribution >= 0.6 is 35.3 Å². The number of hydrogen-bond acceptors (Lipinski definition) is 6. The van der Waals surface area contributed by atoms with Gasteiger partial charge >= 0.3 is 0 Å². The Bertz CT molecular complexity index is 1480. The second-order valence-corrected chi connectivity index (χ2v) is 11.9. The highest BCUT2D eigenvalue weighted by Crippen LogP contribution is 2.32. The summed E-state index contributed by atoms with van der Waals surface area (Å²) in [6, 6.07) is 23.2. The van der Waals surface area contributed by atoms with Crippen molar-refractivity contribution in [1.29, 1.82) is 0 Å². The summed E-state index contributed by atoms with van der Waals surface area (Å²) in [6.45, 7) is 7.61. The smallest absolute Gasteiger partial charge is 0.239 e. The minimum Gasteiger partial charge on any atom is -0.332 e. The molecule has 0 spiro atoms. The molecule has 0 saturated carbocycles. The molecule has 3 aromatic carbocycles. The van der Waals surface area contributed by atoms with Gasteiger partial charge < -0.3 is 16.0 Å². The van der Waals surface area contributed by atoms with Gasteiger partial charge in [-0.15, -0.1) is 23.1 Å². The summed E-state index contributed by atoms with van der Waals surface area (Å²) in [7, 11) is 0. The van der Waals surface area contributed by atoms with Crippen molar-refractivity contribution in [3.63, 3.8) is 0 Å². The van der Waals surface area contributed by atoms with Crippen LogP contribution in [0.4, 0.5) is 16.5 Å². The van der Waals surface area contributed by atoms with Crippen molar-refractivity contribution in [3.8, 4) is 11.3 Å². The number of thiazole rings is 1. The van der Waals surface area contributed by atoms with Gasteiger partial charge in [0.1, 0.15) is 0 Å². The van der Waals surface area contributed by atoms with Gasteiger partial charge in [0.25, 0.3) is 0 Å². The van der Waals surface area contributed by atoms with E-state index in [0.29, 0.717) is 22.2 Å². The van der Waals surface area contributed by atoms with Crippen LogP contribution in [0.1, 0.15) is 41.1 Å². The number of nitrogens with one attached hydrogen (secondary N) is 3. The van der Waals surface area contributed by atoms with Crippen LogP contribution in [0, 0.1) is 13.8 Å². The third-order valence-electron chi connectivity index (χ3n) is 5.93. The molecule has 200 valence electrons. The zero-order valence-electron chi connectivity index (χ0n) is 22.2. The van der Waals surface area contributed by atoms with Crippen molar-refractivity contribution in [1.82, 2.24) is 4.98 Å². The second-order valence-electron chi connectivity index (χ2n) is 9.03. The molecule has 1 amide bonds. The quantitative estimate of drug-likeness (QED) is 0.106. The molecular formula is C30H30N4O2S3. The molecule has 4 rings (SSSR count). The molecule has 3 N–H and O–H groups in total. The molecular weight excluding hydrogens is 545 g/mol. The molecule has 1 unspecified atom stereocenters. The predicted molar refractivity (Wildman–Crippen MR) is 168 cm³/mol. The lowest BCUT2D eigenvalue weighted by atomic mass is 10.1. The maximum absolute atomic E-state index is 13.1. The molecule has 0 bridgehead atoms. The number of carbonyl (C=O) groups excluding carboxylic acids is 2. The van der Waals surface area contributed by atoms with Crippen molar-refractivity contribution < 1.29 is 9.59 Å². The largest absolute Gasteiger partial charge is 0.332 e. The normalized spacial score (nSPS) is 11.5. The first-order chi connectivity index (χ1) is 18.7. The lowest BCUT2D eigenvalue weighted by molar-refractivity contribution is -0.115. The van der Waals surface area contributed by atoms with E-state index in [-0.39, 0.29) is 16.9 Å². The lowest BCUT2D eigenvalue weighted by Crippen LogP contribution is -2.24. The first-order valence-corrected chi connectivity index (χ1v) is 14.6. The summed E-state index contributed by atoms with van der Waals surface area (Å²) < 4.78 is 0. The molecule has 39 heavy (non-hydrogen) atoms. The Morgan fingerprint density at radius 2 is 1.64 bits per heavy atom. The monoisotopic (exact) mass is 574 g/mol.